The molecule has 0 aliphatic heterocycles. The van der Waals surface area contributed by atoms with Gasteiger partial charge >= 0.3 is 6.01 Å². The summed E-state index contributed by atoms with van der Waals surface area (Å²) < 4.78 is 8.78. The number of halogens is 1. The van der Waals surface area contributed by atoms with Crippen molar-refractivity contribution < 1.29 is 4.74 Å². The van der Waals surface area contributed by atoms with Crippen LogP contribution in [0.5, 0.6) is 11.8 Å². The number of aryl methyl sites for hydroxylation is 1. The number of ether oxygens (including phenoxy) is 1. The SMILES string of the molecule is Cc1ccccc1Oc1ncc(Br)n1C(C)C. The van der Waals surface area contributed by atoms with Gasteiger partial charge in [0.15, 0.2) is 0 Å². The molecular weight excluding hydrogens is 280 g/mol. The Morgan fingerprint density at radius 3 is 2.65 bits per heavy atom. The quantitative estimate of drug-likeness (QED) is 0.842. The molecule has 0 amide bonds. The van der Waals surface area contributed by atoms with Crippen molar-refractivity contribution in [2.45, 2.75) is 26.8 Å². The molecule has 0 saturated heterocycles. The maximum Gasteiger partial charge on any atom is 0.302 e. The molecule has 1 heterocycles. The number of nitrogens with zero attached hydrogens (tertiary/aromatic N) is 2. The molecule has 0 atom stereocenters. The topological polar surface area (TPSA) is 27.1 Å². The van der Waals surface area contributed by atoms with Crippen LogP contribution < -0.4 is 4.74 Å². The molecule has 0 fully saturated rings. The second-order valence-corrected chi connectivity index (χ2v) is 5.01. The number of aromatic nitrogens is 2. The van der Waals surface area contributed by atoms with E-state index >= 15 is 0 Å². The van der Waals surface area contributed by atoms with E-state index in [0.717, 1.165) is 15.9 Å². The highest BCUT2D eigenvalue weighted by molar-refractivity contribution is 9.10. The van der Waals surface area contributed by atoms with Gasteiger partial charge in [0.05, 0.1) is 6.20 Å². The lowest BCUT2D eigenvalue weighted by Crippen LogP contribution is -2.04. The van der Waals surface area contributed by atoms with E-state index in [9.17, 15) is 0 Å². The van der Waals surface area contributed by atoms with Crippen molar-refractivity contribution in [3.63, 3.8) is 0 Å². The lowest BCUT2D eigenvalue weighted by Gasteiger charge is -2.14. The van der Waals surface area contributed by atoms with E-state index < -0.39 is 0 Å². The zero-order chi connectivity index (χ0) is 12.4. The van der Waals surface area contributed by atoms with Crippen LogP contribution in [0.1, 0.15) is 25.5 Å². The first-order chi connectivity index (χ1) is 8.09. The minimum atomic E-state index is 0.297. The molecule has 0 aliphatic carbocycles. The molecule has 0 N–H and O–H groups in total. The van der Waals surface area contributed by atoms with Crippen LogP contribution in [-0.4, -0.2) is 9.55 Å². The molecule has 1 aromatic heterocycles. The highest BCUT2D eigenvalue weighted by atomic mass is 79.9. The molecule has 90 valence electrons. The normalized spacial score (nSPS) is 10.9. The van der Waals surface area contributed by atoms with E-state index in [1.54, 1.807) is 6.20 Å². The fourth-order valence-corrected chi connectivity index (χ4v) is 2.30. The molecule has 0 radical (unpaired) electrons. The number of para-hydroxylation sites is 1. The highest BCUT2D eigenvalue weighted by Crippen LogP contribution is 2.29. The van der Waals surface area contributed by atoms with Gasteiger partial charge in [-0.3, -0.25) is 4.57 Å². The Balaban J connectivity index is 2.34. The molecule has 0 aliphatic rings. The minimum absolute atomic E-state index is 0.297. The summed E-state index contributed by atoms with van der Waals surface area (Å²) in [5.74, 6) is 0.840. The summed E-state index contributed by atoms with van der Waals surface area (Å²) in [6, 6.07) is 8.83. The maximum absolute atomic E-state index is 5.84. The van der Waals surface area contributed by atoms with Gasteiger partial charge in [-0.2, -0.15) is 0 Å². The lowest BCUT2D eigenvalue weighted by atomic mass is 10.2. The number of hydrogen-bond donors (Lipinski definition) is 0. The third-order valence-corrected chi connectivity index (χ3v) is 3.12. The fourth-order valence-electron chi connectivity index (χ4n) is 1.64. The van der Waals surface area contributed by atoms with Crippen molar-refractivity contribution in [1.29, 1.82) is 0 Å². The first-order valence-corrected chi connectivity index (χ1v) is 6.35. The van der Waals surface area contributed by atoms with Gasteiger partial charge in [0.2, 0.25) is 0 Å². The summed E-state index contributed by atoms with van der Waals surface area (Å²) in [6.45, 7) is 6.21. The smallest absolute Gasteiger partial charge is 0.302 e. The van der Waals surface area contributed by atoms with Crippen LogP contribution in [0.25, 0.3) is 0 Å². The van der Waals surface area contributed by atoms with Crippen LogP contribution in [0.3, 0.4) is 0 Å². The summed E-state index contributed by atoms with van der Waals surface area (Å²) in [5, 5.41) is 0. The van der Waals surface area contributed by atoms with Gasteiger partial charge in [-0.25, -0.2) is 4.98 Å². The standard InChI is InChI=1S/C13H15BrN2O/c1-9(2)16-12(14)8-15-13(16)17-11-7-5-4-6-10(11)3/h4-9H,1-3H3. The molecular formula is C13H15BrN2O. The first-order valence-electron chi connectivity index (χ1n) is 5.56. The van der Waals surface area contributed by atoms with Crippen LogP contribution in [0.2, 0.25) is 0 Å². The summed E-state index contributed by atoms with van der Waals surface area (Å²) >= 11 is 3.47. The fraction of sp³-hybridized carbons (Fsp3) is 0.308. The third kappa shape index (κ3) is 2.52. The predicted molar refractivity (Wildman–Crippen MR) is 71.6 cm³/mol. The molecule has 4 heteroatoms. The molecule has 0 unspecified atom stereocenters. The molecule has 0 saturated carbocycles. The van der Waals surface area contributed by atoms with Crippen LogP contribution in [0.15, 0.2) is 35.1 Å². The first kappa shape index (κ1) is 12.2. The van der Waals surface area contributed by atoms with Crippen molar-refractivity contribution in [3.8, 4) is 11.8 Å². The van der Waals surface area contributed by atoms with E-state index in [-0.39, 0.29) is 0 Å². The van der Waals surface area contributed by atoms with Gasteiger partial charge in [-0.05, 0) is 48.3 Å². The molecule has 2 aromatic rings. The largest absolute Gasteiger partial charge is 0.425 e. The molecule has 17 heavy (non-hydrogen) atoms. The van der Waals surface area contributed by atoms with Gasteiger partial charge in [-0.1, -0.05) is 18.2 Å². The highest BCUT2D eigenvalue weighted by Gasteiger charge is 2.13. The van der Waals surface area contributed by atoms with Crippen molar-refractivity contribution in [3.05, 3.63) is 40.6 Å². The second-order valence-electron chi connectivity index (χ2n) is 4.19. The Morgan fingerprint density at radius 2 is 2.00 bits per heavy atom. The third-order valence-electron chi connectivity index (χ3n) is 2.53. The zero-order valence-corrected chi connectivity index (χ0v) is 11.7. The number of benzene rings is 1. The average molecular weight is 295 g/mol. The van der Waals surface area contributed by atoms with Crippen LogP contribution in [0, 0.1) is 6.92 Å². The van der Waals surface area contributed by atoms with Crippen molar-refractivity contribution in [2.75, 3.05) is 0 Å². The molecule has 0 bridgehead atoms. The van der Waals surface area contributed by atoms with Crippen molar-refractivity contribution in [1.82, 2.24) is 9.55 Å². The summed E-state index contributed by atoms with van der Waals surface area (Å²) in [4.78, 5) is 4.27. The van der Waals surface area contributed by atoms with Gasteiger partial charge in [0, 0.05) is 6.04 Å². The maximum atomic E-state index is 5.84. The number of rotatable bonds is 3. The number of hydrogen-bond acceptors (Lipinski definition) is 2. The monoisotopic (exact) mass is 294 g/mol. The average Bonchev–Trinajstić information content (AvgIpc) is 2.63. The Bertz CT molecular complexity index is 520. The second kappa shape index (κ2) is 4.92. The zero-order valence-electron chi connectivity index (χ0n) is 10.1. The van der Waals surface area contributed by atoms with Crippen molar-refractivity contribution >= 4 is 15.9 Å². The summed E-state index contributed by atoms with van der Waals surface area (Å²) in [6.07, 6.45) is 1.76. The Morgan fingerprint density at radius 1 is 1.29 bits per heavy atom. The lowest BCUT2D eigenvalue weighted by molar-refractivity contribution is 0.391. The predicted octanol–water partition coefficient (Wildman–Crippen LogP) is 4.33. The van der Waals surface area contributed by atoms with E-state index in [1.807, 2.05) is 35.8 Å². The molecule has 1 aromatic carbocycles. The van der Waals surface area contributed by atoms with Crippen LogP contribution in [0.4, 0.5) is 0 Å². The summed E-state index contributed by atoms with van der Waals surface area (Å²) in [7, 11) is 0. The Kier molecular flexibility index (Phi) is 3.52. The van der Waals surface area contributed by atoms with E-state index in [4.69, 9.17) is 4.74 Å². The van der Waals surface area contributed by atoms with Crippen LogP contribution >= 0.6 is 15.9 Å². The number of imidazole rings is 1. The van der Waals surface area contributed by atoms with E-state index in [0.29, 0.717) is 12.1 Å². The molecule has 0 spiro atoms. The van der Waals surface area contributed by atoms with Gasteiger partial charge in [0.25, 0.3) is 0 Å². The molecule has 3 nitrogen and oxygen atoms in total. The van der Waals surface area contributed by atoms with Gasteiger partial charge in [0.1, 0.15) is 10.4 Å². The van der Waals surface area contributed by atoms with Crippen LogP contribution in [-0.2, 0) is 0 Å². The van der Waals surface area contributed by atoms with E-state index in [2.05, 4.69) is 34.8 Å². The summed E-state index contributed by atoms with van der Waals surface area (Å²) in [5.41, 5.74) is 1.10. The van der Waals surface area contributed by atoms with Gasteiger partial charge < -0.3 is 4.74 Å². The molecule has 2 rings (SSSR count). The van der Waals surface area contributed by atoms with Gasteiger partial charge in [-0.15, -0.1) is 0 Å². The minimum Gasteiger partial charge on any atom is -0.425 e. The Hall–Kier alpha value is -1.29. The van der Waals surface area contributed by atoms with E-state index in [1.165, 1.54) is 0 Å². The Labute approximate surface area is 110 Å². The van der Waals surface area contributed by atoms with Crippen molar-refractivity contribution in [2.24, 2.45) is 0 Å².